The summed E-state index contributed by atoms with van der Waals surface area (Å²) in [5, 5.41) is 0. The summed E-state index contributed by atoms with van der Waals surface area (Å²) in [7, 11) is 0. The highest BCUT2D eigenvalue weighted by molar-refractivity contribution is 5.95. The van der Waals surface area contributed by atoms with Crippen LogP contribution in [0.2, 0.25) is 0 Å². The Hall–Kier alpha value is -3.09. The molecule has 23 heavy (non-hydrogen) atoms. The van der Waals surface area contributed by atoms with Gasteiger partial charge in [0.1, 0.15) is 12.4 Å². The SMILES string of the molecule is O=C(NNC(=O)[C@@H]1COc2ccccc2O1)c1cccc(F)c1. The van der Waals surface area contributed by atoms with E-state index < -0.39 is 23.7 Å². The monoisotopic (exact) mass is 316 g/mol. The minimum atomic E-state index is -0.891. The van der Waals surface area contributed by atoms with Gasteiger partial charge in [-0.25, -0.2) is 4.39 Å². The molecule has 2 N–H and O–H groups in total. The molecular formula is C16H13FN2O4. The molecular weight excluding hydrogens is 303 g/mol. The fraction of sp³-hybridized carbons (Fsp3) is 0.125. The van der Waals surface area contributed by atoms with Crippen molar-refractivity contribution < 1.29 is 23.5 Å². The highest BCUT2D eigenvalue weighted by atomic mass is 19.1. The summed E-state index contributed by atoms with van der Waals surface area (Å²) in [5.74, 6) is -0.723. The number of carbonyl (C=O) groups excluding carboxylic acids is 2. The Morgan fingerprint density at radius 2 is 1.83 bits per heavy atom. The van der Waals surface area contributed by atoms with Gasteiger partial charge in [-0.15, -0.1) is 0 Å². The summed E-state index contributed by atoms with van der Waals surface area (Å²) >= 11 is 0. The molecule has 0 radical (unpaired) electrons. The lowest BCUT2D eigenvalue weighted by Gasteiger charge is -2.25. The van der Waals surface area contributed by atoms with E-state index in [1.807, 2.05) is 0 Å². The van der Waals surface area contributed by atoms with Crippen molar-refractivity contribution in [2.75, 3.05) is 6.61 Å². The molecule has 0 unspecified atom stereocenters. The number of benzene rings is 2. The molecule has 0 saturated carbocycles. The van der Waals surface area contributed by atoms with Gasteiger partial charge in [-0.3, -0.25) is 20.4 Å². The maximum atomic E-state index is 13.1. The molecule has 2 amide bonds. The van der Waals surface area contributed by atoms with E-state index in [4.69, 9.17) is 9.47 Å². The molecule has 118 valence electrons. The Morgan fingerprint density at radius 3 is 2.61 bits per heavy atom. The van der Waals surface area contributed by atoms with Crippen LogP contribution >= 0.6 is 0 Å². The second-order valence-electron chi connectivity index (χ2n) is 4.82. The highest BCUT2D eigenvalue weighted by Crippen LogP contribution is 2.30. The first-order valence-corrected chi connectivity index (χ1v) is 6.88. The van der Waals surface area contributed by atoms with E-state index in [0.29, 0.717) is 11.5 Å². The van der Waals surface area contributed by atoms with E-state index in [1.165, 1.54) is 18.2 Å². The van der Waals surface area contributed by atoms with Gasteiger partial charge in [-0.1, -0.05) is 18.2 Å². The summed E-state index contributed by atoms with van der Waals surface area (Å²) in [6, 6.07) is 12.1. The van der Waals surface area contributed by atoms with Crippen molar-refractivity contribution in [1.82, 2.24) is 10.9 Å². The van der Waals surface area contributed by atoms with Gasteiger partial charge in [0.2, 0.25) is 6.10 Å². The predicted molar refractivity (Wildman–Crippen MR) is 78.4 cm³/mol. The van der Waals surface area contributed by atoms with Crippen LogP contribution in [0.3, 0.4) is 0 Å². The first kappa shape index (κ1) is 14.8. The Bertz CT molecular complexity index is 750. The number of para-hydroxylation sites is 2. The van der Waals surface area contributed by atoms with Crippen molar-refractivity contribution in [3.05, 3.63) is 59.9 Å². The summed E-state index contributed by atoms with van der Waals surface area (Å²) in [4.78, 5) is 23.8. The lowest BCUT2D eigenvalue weighted by molar-refractivity contribution is -0.131. The van der Waals surface area contributed by atoms with Gasteiger partial charge < -0.3 is 9.47 Å². The normalized spacial score (nSPS) is 15.6. The molecule has 1 atom stereocenters. The maximum absolute atomic E-state index is 13.1. The third-order valence-corrected chi connectivity index (χ3v) is 3.19. The second-order valence-corrected chi connectivity index (χ2v) is 4.82. The highest BCUT2D eigenvalue weighted by Gasteiger charge is 2.27. The smallest absolute Gasteiger partial charge is 0.283 e. The van der Waals surface area contributed by atoms with Crippen LogP contribution < -0.4 is 20.3 Å². The van der Waals surface area contributed by atoms with Gasteiger partial charge >= 0.3 is 0 Å². The van der Waals surface area contributed by atoms with Crippen LogP contribution in [-0.2, 0) is 4.79 Å². The molecule has 3 rings (SSSR count). The predicted octanol–water partition coefficient (Wildman–Crippen LogP) is 1.43. The first-order valence-electron chi connectivity index (χ1n) is 6.88. The zero-order valence-corrected chi connectivity index (χ0v) is 11.9. The van der Waals surface area contributed by atoms with Gasteiger partial charge in [0, 0.05) is 5.56 Å². The van der Waals surface area contributed by atoms with Crippen LogP contribution in [0.1, 0.15) is 10.4 Å². The largest absolute Gasteiger partial charge is 0.485 e. The fourth-order valence-electron chi connectivity index (χ4n) is 2.05. The number of halogens is 1. The number of hydrogen-bond acceptors (Lipinski definition) is 4. The summed E-state index contributed by atoms with van der Waals surface area (Å²) in [5.41, 5.74) is 4.54. The van der Waals surface area contributed by atoms with Crippen molar-refractivity contribution in [1.29, 1.82) is 0 Å². The lowest BCUT2D eigenvalue weighted by atomic mass is 10.2. The Balaban J connectivity index is 1.57. The van der Waals surface area contributed by atoms with Crippen molar-refractivity contribution >= 4 is 11.8 Å². The quantitative estimate of drug-likeness (QED) is 0.822. The zero-order chi connectivity index (χ0) is 16.2. The number of hydrazine groups is 1. The molecule has 1 heterocycles. The number of amides is 2. The zero-order valence-electron chi connectivity index (χ0n) is 11.9. The molecule has 7 heteroatoms. The fourth-order valence-corrected chi connectivity index (χ4v) is 2.05. The second kappa shape index (κ2) is 6.35. The molecule has 1 aliphatic rings. The molecule has 0 aromatic heterocycles. The van der Waals surface area contributed by atoms with Gasteiger partial charge in [0.05, 0.1) is 0 Å². The Morgan fingerprint density at radius 1 is 1.04 bits per heavy atom. The molecule has 0 spiro atoms. The first-order chi connectivity index (χ1) is 11.1. The topological polar surface area (TPSA) is 76.7 Å². The Labute approximate surface area is 131 Å². The van der Waals surface area contributed by atoms with Crippen molar-refractivity contribution in [2.24, 2.45) is 0 Å². The van der Waals surface area contributed by atoms with E-state index in [-0.39, 0.29) is 12.2 Å². The number of ether oxygens (including phenoxy) is 2. The molecule has 6 nitrogen and oxygen atoms in total. The average molecular weight is 316 g/mol. The molecule has 2 aromatic carbocycles. The third-order valence-electron chi connectivity index (χ3n) is 3.19. The van der Waals surface area contributed by atoms with E-state index in [1.54, 1.807) is 24.3 Å². The number of nitrogens with one attached hydrogen (secondary N) is 2. The minimum Gasteiger partial charge on any atom is -0.485 e. The van der Waals surface area contributed by atoms with Gasteiger partial charge in [-0.05, 0) is 30.3 Å². The van der Waals surface area contributed by atoms with Crippen LogP contribution in [0.15, 0.2) is 48.5 Å². The molecule has 0 saturated heterocycles. The summed E-state index contributed by atoms with van der Waals surface area (Å²) in [6.45, 7) is 0.0265. The van der Waals surface area contributed by atoms with E-state index in [0.717, 1.165) is 6.07 Å². The van der Waals surface area contributed by atoms with E-state index >= 15 is 0 Å². The third kappa shape index (κ3) is 3.39. The van der Waals surface area contributed by atoms with Crippen LogP contribution in [0.25, 0.3) is 0 Å². The van der Waals surface area contributed by atoms with Crippen LogP contribution in [-0.4, -0.2) is 24.5 Å². The van der Waals surface area contributed by atoms with Crippen molar-refractivity contribution in [3.8, 4) is 11.5 Å². The van der Waals surface area contributed by atoms with Crippen LogP contribution in [0.4, 0.5) is 4.39 Å². The Kier molecular flexibility index (Phi) is 4.09. The van der Waals surface area contributed by atoms with Gasteiger partial charge in [0.15, 0.2) is 11.5 Å². The van der Waals surface area contributed by atoms with Crippen LogP contribution in [0, 0.1) is 5.82 Å². The number of fused-ring (bicyclic) bond motifs is 1. The molecule has 0 aliphatic carbocycles. The number of hydrogen-bond donors (Lipinski definition) is 2. The molecule has 2 aromatic rings. The standard InChI is InChI=1S/C16H13FN2O4/c17-11-5-3-4-10(8-11)15(20)18-19-16(21)14-9-22-12-6-1-2-7-13(12)23-14/h1-8,14H,9H2,(H,18,20)(H,19,21)/t14-/m0/s1. The summed E-state index contributed by atoms with van der Waals surface area (Å²) < 4.78 is 24.0. The van der Waals surface area contributed by atoms with E-state index in [2.05, 4.69) is 10.9 Å². The van der Waals surface area contributed by atoms with E-state index in [9.17, 15) is 14.0 Å². The molecule has 0 bridgehead atoms. The molecule has 1 aliphatic heterocycles. The summed E-state index contributed by atoms with van der Waals surface area (Å²) in [6.07, 6.45) is -0.891. The molecule has 0 fully saturated rings. The van der Waals surface area contributed by atoms with Gasteiger partial charge in [0.25, 0.3) is 11.8 Å². The van der Waals surface area contributed by atoms with Crippen molar-refractivity contribution in [2.45, 2.75) is 6.10 Å². The lowest BCUT2D eigenvalue weighted by Crippen LogP contribution is -2.50. The van der Waals surface area contributed by atoms with Gasteiger partial charge in [-0.2, -0.15) is 0 Å². The van der Waals surface area contributed by atoms with Crippen LogP contribution in [0.5, 0.6) is 11.5 Å². The minimum absolute atomic E-state index is 0.0265. The maximum Gasteiger partial charge on any atom is 0.283 e. The van der Waals surface area contributed by atoms with Crippen molar-refractivity contribution in [3.63, 3.8) is 0 Å². The number of rotatable bonds is 2. The number of carbonyl (C=O) groups is 2. The average Bonchev–Trinajstić information content (AvgIpc) is 2.59.